The molecule has 1 aliphatic rings. The highest BCUT2D eigenvalue weighted by molar-refractivity contribution is 5.78. The van der Waals surface area contributed by atoms with Gasteiger partial charge in [0.2, 0.25) is 0 Å². The average molecular weight is 314 g/mol. The summed E-state index contributed by atoms with van der Waals surface area (Å²) in [5.74, 6) is 1.68. The predicted molar refractivity (Wildman–Crippen MR) is 87.8 cm³/mol. The molecule has 122 valence electrons. The number of aromatic nitrogens is 3. The van der Waals surface area contributed by atoms with Crippen LogP contribution in [0.25, 0.3) is 11.6 Å². The predicted octanol–water partition coefficient (Wildman–Crippen LogP) is 1.86. The van der Waals surface area contributed by atoms with Gasteiger partial charge in [0.15, 0.2) is 11.8 Å². The molecule has 7 heteroatoms. The number of hydrogen-bond donors (Lipinski definition) is 1. The molecular formula is C16H22N6O. The van der Waals surface area contributed by atoms with Gasteiger partial charge in [0, 0.05) is 32.3 Å². The summed E-state index contributed by atoms with van der Waals surface area (Å²) in [5, 5.41) is 3.97. The Morgan fingerprint density at radius 3 is 2.78 bits per heavy atom. The third-order valence-electron chi connectivity index (χ3n) is 3.89. The van der Waals surface area contributed by atoms with Gasteiger partial charge in [0.1, 0.15) is 5.69 Å². The highest BCUT2D eigenvalue weighted by atomic mass is 16.5. The van der Waals surface area contributed by atoms with E-state index in [1.165, 1.54) is 25.7 Å². The molecule has 0 aromatic carbocycles. The summed E-state index contributed by atoms with van der Waals surface area (Å²) in [4.78, 5) is 15.2. The molecule has 3 heterocycles. The lowest BCUT2D eigenvalue weighted by molar-refractivity contribution is 0.420. The van der Waals surface area contributed by atoms with Gasteiger partial charge < -0.3 is 15.2 Å². The SMILES string of the molecule is NC(=NCCc1noc(-c2ccccn2)n1)N1CCCCCC1. The van der Waals surface area contributed by atoms with Crippen molar-refractivity contribution in [2.75, 3.05) is 19.6 Å². The summed E-state index contributed by atoms with van der Waals surface area (Å²) in [5.41, 5.74) is 6.76. The summed E-state index contributed by atoms with van der Waals surface area (Å²) < 4.78 is 5.23. The number of nitrogens with zero attached hydrogens (tertiary/aromatic N) is 5. The van der Waals surface area contributed by atoms with E-state index in [1.54, 1.807) is 6.20 Å². The van der Waals surface area contributed by atoms with Crippen LogP contribution >= 0.6 is 0 Å². The third-order valence-corrected chi connectivity index (χ3v) is 3.89. The van der Waals surface area contributed by atoms with E-state index in [0.29, 0.717) is 36.3 Å². The van der Waals surface area contributed by atoms with Crippen LogP contribution in [0.15, 0.2) is 33.9 Å². The van der Waals surface area contributed by atoms with Crippen molar-refractivity contribution in [2.45, 2.75) is 32.1 Å². The number of nitrogens with two attached hydrogens (primary N) is 1. The van der Waals surface area contributed by atoms with Crippen molar-refractivity contribution < 1.29 is 4.52 Å². The molecule has 7 nitrogen and oxygen atoms in total. The molecule has 0 unspecified atom stereocenters. The highest BCUT2D eigenvalue weighted by Crippen LogP contribution is 2.13. The van der Waals surface area contributed by atoms with E-state index in [-0.39, 0.29) is 0 Å². The van der Waals surface area contributed by atoms with Crippen molar-refractivity contribution in [1.82, 2.24) is 20.0 Å². The van der Waals surface area contributed by atoms with E-state index in [1.807, 2.05) is 18.2 Å². The molecule has 1 aliphatic heterocycles. The van der Waals surface area contributed by atoms with Crippen LogP contribution in [-0.2, 0) is 6.42 Å². The van der Waals surface area contributed by atoms with Crippen LogP contribution in [0, 0.1) is 0 Å². The standard InChI is InChI=1S/C16H22N6O/c17-16(22-11-5-1-2-6-12-22)19-10-8-14-20-15(23-21-14)13-7-3-4-9-18-13/h3-4,7,9H,1-2,5-6,8,10-12H2,(H2,17,19). The Morgan fingerprint density at radius 1 is 1.22 bits per heavy atom. The number of aliphatic imine (C=N–C) groups is 1. The minimum Gasteiger partial charge on any atom is -0.370 e. The molecule has 0 saturated carbocycles. The topological polar surface area (TPSA) is 93.4 Å². The van der Waals surface area contributed by atoms with Crippen LogP contribution in [0.5, 0.6) is 0 Å². The van der Waals surface area contributed by atoms with Crippen molar-refractivity contribution in [2.24, 2.45) is 10.7 Å². The number of pyridine rings is 1. The normalized spacial score (nSPS) is 16.3. The second-order valence-electron chi connectivity index (χ2n) is 5.62. The van der Waals surface area contributed by atoms with Gasteiger partial charge in [0.25, 0.3) is 5.89 Å². The van der Waals surface area contributed by atoms with E-state index in [9.17, 15) is 0 Å². The van der Waals surface area contributed by atoms with Crippen molar-refractivity contribution in [1.29, 1.82) is 0 Å². The maximum atomic E-state index is 6.08. The minimum absolute atomic E-state index is 0.435. The number of likely N-dealkylation sites (tertiary alicyclic amines) is 1. The molecule has 2 aromatic heterocycles. The Kier molecular flexibility index (Phi) is 5.18. The van der Waals surface area contributed by atoms with Crippen molar-refractivity contribution >= 4 is 5.96 Å². The highest BCUT2D eigenvalue weighted by Gasteiger charge is 2.12. The van der Waals surface area contributed by atoms with Crippen LogP contribution < -0.4 is 5.73 Å². The molecule has 0 amide bonds. The molecule has 3 rings (SSSR count). The summed E-state index contributed by atoms with van der Waals surface area (Å²) in [6.07, 6.45) is 7.24. The van der Waals surface area contributed by atoms with Crippen molar-refractivity contribution in [3.05, 3.63) is 30.2 Å². The summed E-state index contributed by atoms with van der Waals surface area (Å²) in [6.45, 7) is 2.56. The Morgan fingerprint density at radius 2 is 2.04 bits per heavy atom. The first-order chi connectivity index (χ1) is 11.3. The van der Waals surface area contributed by atoms with Gasteiger partial charge in [0.05, 0.1) is 0 Å². The van der Waals surface area contributed by atoms with Gasteiger partial charge in [-0.25, -0.2) is 0 Å². The zero-order chi connectivity index (χ0) is 15.9. The van der Waals surface area contributed by atoms with Crippen molar-refractivity contribution in [3.8, 4) is 11.6 Å². The van der Waals surface area contributed by atoms with Crippen molar-refractivity contribution in [3.63, 3.8) is 0 Å². The fraction of sp³-hybridized carbons (Fsp3) is 0.500. The molecule has 0 atom stereocenters. The molecule has 2 aromatic rings. The largest absolute Gasteiger partial charge is 0.370 e. The molecular weight excluding hydrogens is 292 g/mol. The maximum Gasteiger partial charge on any atom is 0.276 e. The summed E-state index contributed by atoms with van der Waals surface area (Å²) >= 11 is 0. The van der Waals surface area contributed by atoms with E-state index < -0.39 is 0 Å². The van der Waals surface area contributed by atoms with E-state index in [2.05, 4.69) is 25.0 Å². The van der Waals surface area contributed by atoms with Gasteiger partial charge in [-0.1, -0.05) is 24.1 Å². The number of hydrogen-bond acceptors (Lipinski definition) is 5. The Balaban J connectivity index is 1.54. The van der Waals surface area contributed by atoms with Crippen LogP contribution in [0.1, 0.15) is 31.5 Å². The lowest BCUT2D eigenvalue weighted by atomic mass is 10.2. The number of rotatable bonds is 4. The van der Waals surface area contributed by atoms with Gasteiger partial charge in [-0.2, -0.15) is 4.98 Å². The van der Waals surface area contributed by atoms with Gasteiger partial charge in [-0.15, -0.1) is 0 Å². The molecule has 0 aliphatic carbocycles. The fourth-order valence-electron chi connectivity index (χ4n) is 2.62. The second kappa shape index (κ2) is 7.71. The first kappa shape index (κ1) is 15.5. The van der Waals surface area contributed by atoms with Gasteiger partial charge in [-0.3, -0.25) is 9.98 Å². The minimum atomic E-state index is 0.435. The van der Waals surface area contributed by atoms with E-state index in [0.717, 1.165) is 13.1 Å². The van der Waals surface area contributed by atoms with E-state index in [4.69, 9.17) is 10.3 Å². The Hall–Kier alpha value is -2.44. The zero-order valence-electron chi connectivity index (χ0n) is 13.2. The molecule has 2 N–H and O–H groups in total. The molecule has 1 fully saturated rings. The monoisotopic (exact) mass is 314 g/mol. The van der Waals surface area contributed by atoms with Crippen LogP contribution in [0.4, 0.5) is 0 Å². The van der Waals surface area contributed by atoms with Crippen LogP contribution in [0.3, 0.4) is 0 Å². The molecule has 0 radical (unpaired) electrons. The number of guanidine groups is 1. The molecule has 0 bridgehead atoms. The molecule has 0 spiro atoms. The first-order valence-corrected chi connectivity index (χ1v) is 8.12. The lowest BCUT2D eigenvalue weighted by Gasteiger charge is -2.20. The third kappa shape index (κ3) is 4.28. The fourth-order valence-corrected chi connectivity index (χ4v) is 2.62. The Bertz CT molecular complexity index is 631. The van der Waals surface area contributed by atoms with Gasteiger partial charge >= 0.3 is 0 Å². The summed E-state index contributed by atoms with van der Waals surface area (Å²) in [6, 6.07) is 5.58. The molecule has 23 heavy (non-hydrogen) atoms. The second-order valence-corrected chi connectivity index (χ2v) is 5.62. The lowest BCUT2D eigenvalue weighted by Crippen LogP contribution is -2.38. The van der Waals surface area contributed by atoms with E-state index >= 15 is 0 Å². The quantitative estimate of drug-likeness (QED) is 0.684. The first-order valence-electron chi connectivity index (χ1n) is 8.12. The zero-order valence-corrected chi connectivity index (χ0v) is 13.2. The molecule has 1 saturated heterocycles. The average Bonchev–Trinajstić information content (AvgIpc) is 2.89. The van der Waals surface area contributed by atoms with Crippen LogP contribution in [-0.4, -0.2) is 45.6 Å². The van der Waals surface area contributed by atoms with Gasteiger partial charge in [-0.05, 0) is 25.0 Å². The van der Waals surface area contributed by atoms with Crippen LogP contribution in [0.2, 0.25) is 0 Å². The Labute approximate surface area is 135 Å². The smallest absolute Gasteiger partial charge is 0.276 e. The summed E-state index contributed by atoms with van der Waals surface area (Å²) in [7, 11) is 0. The maximum absolute atomic E-state index is 6.08.